The first-order valence-electron chi connectivity index (χ1n) is 4.93. The third-order valence-electron chi connectivity index (χ3n) is 2.18. The van der Waals surface area contributed by atoms with Gasteiger partial charge in [-0.3, -0.25) is 10.1 Å². The van der Waals surface area contributed by atoms with Crippen LogP contribution in [0.2, 0.25) is 0 Å². The fraction of sp³-hybridized carbons (Fsp3) is 0.182. The van der Waals surface area contributed by atoms with E-state index in [2.05, 4.69) is 15.3 Å². The molecule has 2 rings (SSSR count). The molecule has 0 aliphatic carbocycles. The van der Waals surface area contributed by atoms with Gasteiger partial charge in [-0.1, -0.05) is 6.07 Å². The molecule has 0 aliphatic rings. The molecular formula is C11H11N3O3. The predicted molar refractivity (Wildman–Crippen MR) is 62.1 cm³/mol. The highest BCUT2D eigenvalue weighted by atomic mass is 16.5. The van der Waals surface area contributed by atoms with Gasteiger partial charge in [0.15, 0.2) is 0 Å². The van der Waals surface area contributed by atoms with Crippen LogP contribution in [0.1, 0.15) is 6.92 Å². The molecule has 1 aromatic carbocycles. The fourth-order valence-electron chi connectivity index (χ4n) is 1.49. The lowest BCUT2D eigenvalue weighted by Gasteiger charge is -2.07. The summed E-state index contributed by atoms with van der Waals surface area (Å²) in [4.78, 5) is 18.8. The van der Waals surface area contributed by atoms with Gasteiger partial charge >= 0.3 is 0 Å². The van der Waals surface area contributed by atoms with Gasteiger partial charge in [0.25, 0.3) is 0 Å². The maximum Gasteiger partial charge on any atom is 0.233 e. The summed E-state index contributed by atoms with van der Waals surface area (Å²) in [7, 11) is 1.51. The van der Waals surface area contributed by atoms with Crippen molar-refractivity contribution in [3.05, 3.63) is 18.2 Å². The van der Waals surface area contributed by atoms with E-state index in [0.29, 0.717) is 16.7 Å². The summed E-state index contributed by atoms with van der Waals surface area (Å²) in [5.41, 5.74) is 0.450. The number of carbonyl (C=O) groups is 1. The van der Waals surface area contributed by atoms with E-state index in [1.165, 1.54) is 14.0 Å². The van der Waals surface area contributed by atoms with Crippen molar-refractivity contribution in [1.82, 2.24) is 9.97 Å². The first kappa shape index (κ1) is 11.1. The van der Waals surface area contributed by atoms with Crippen molar-refractivity contribution in [2.24, 2.45) is 0 Å². The SMILES string of the molecule is COc1cccc2c(O)nc(NC(C)=O)nc12. The van der Waals surface area contributed by atoms with Crippen LogP contribution in [0.4, 0.5) is 5.95 Å². The second kappa shape index (κ2) is 4.25. The van der Waals surface area contributed by atoms with Crippen molar-refractivity contribution in [2.75, 3.05) is 12.4 Å². The summed E-state index contributed by atoms with van der Waals surface area (Å²) < 4.78 is 5.13. The average molecular weight is 233 g/mol. The predicted octanol–water partition coefficient (Wildman–Crippen LogP) is 1.30. The summed E-state index contributed by atoms with van der Waals surface area (Å²) in [6.07, 6.45) is 0. The van der Waals surface area contributed by atoms with Crippen LogP contribution in [-0.4, -0.2) is 28.1 Å². The largest absolute Gasteiger partial charge is 0.494 e. The van der Waals surface area contributed by atoms with Gasteiger partial charge in [-0.25, -0.2) is 4.98 Å². The number of rotatable bonds is 2. The second-order valence-electron chi connectivity index (χ2n) is 3.41. The highest BCUT2D eigenvalue weighted by Crippen LogP contribution is 2.29. The molecule has 0 fully saturated rings. The first-order valence-corrected chi connectivity index (χ1v) is 4.93. The average Bonchev–Trinajstić information content (AvgIpc) is 2.27. The first-order chi connectivity index (χ1) is 8.11. The van der Waals surface area contributed by atoms with Crippen molar-refractivity contribution in [1.29, 1.82) is 0 Å². The maximum atomic E-state index is 10.9. The van der Waals surface area contributed by atoms with Crippen molar-refractivity contribution >= 4 is 22.8 Å². The van der Waals surface area contributed by atoms with Gasteiger partial charge in [0.05, 0.1) is 12.5 Å². The minimum Gasteiger partial charge on any atom is -0.494 e. The number of nitrogens with one attached hydrogen (secondary N) is 1. The molecule has 6 heteroatoms. The number of hydrogen-bond donors (Lipinski definition) is 2. The Labute approximate surface area is 97.3 Å². The molecule has 88 valence electrons. The quantitative estimate of drug-likeness (QED) is 0.816. The Bertz CT molecular complexity index is 583. The molecule has 0 radical (unpaired) electrons. The van der Waals surface area contributed by atoms with E-state index in [-0.39, 0.29) is 17.7 Å². The van der Waals surface area contributed by atoms with Gasteiger partial charge in [-0.15, -0.1) is 0 Å². The second-order valence-corrected chi connectivity index (χ2v) is 3.41. The molecule has 1 amide bonds. The number of aromatic nitrogens is 2. The maximum absolute atomic E-state index is 10.9. The molecular weight excluding hydrogens is 222 g/mol. The lowest BCUT2D eigenvalue weighted by Crippen LogP contribution is -2.09. The van der Waals surface area contributed by atoms with Crippen LogP contribution in [0, 0.1) is 0 Å². The van der Waals surface area contributed by atoms with Crippen LogP contribution in [0.5, 0.6) is 11.6 Å². The van der Waals surface area contributed by atoms with Gasteiger partial charge in [0, 0.05) is 6.92 Å². The van der Waals surface area contributed by atoms with Crippen LogP contribution in [0.25, 0.3) is 10.9 Å². The lowest BCUT2D eigenvalue weighted by molar-refractivity contribution is -0.114. The van der Waals surface area contributed by atoms with Crippen LogP contribution < -0.4 is 10.1 Å². The zero-order valence-corrected chi connectivity index (χ0v) is 9.39. The molecule has 0 bridgehead atoms. The van der Waals surface area contributed by atoms with Gasteiger partial charge in [0.2, 0.25) is 17.7 Å². The summed E-state index contributed by atoms with van der Waals surface area (Å²) in [5, 5.41) is 12.6. The molecule has 0 saturated carbocycles. The number of ether oxygens (including phenoxy) is 1. The molecule has 1 aromatic heterocycles. The molecule has 0 atom stereocenters. The number of benzene rings is 1. The van der Waals surface area contributed by atoms with E-state index in [0.717, 1.165) is 0 Å². The smallest absolute Gasteiger partial charge is 0.233 e. The lowest BCUT2D eigenvalue weighted by atomic mass is 10.2. The van der Waals surface area contributed by atoms with Crippen molar-refractivity contribution in [3.8, 4) is 11.6 Å². The van der Waals surface area contributed by atoms with Crippen LogP contribution >= 0.6 is 0 Å². The third-order valence-corrected chi connectivity index (χ3v) is 2.18. The molecule has 2 N–H and O–H groups in total. The third kappa shape index (κ3) is 2.10. The monoisotopic (exact) mass is 233 g/mol. The minimum absolute atomic E-state index is 0.0481. The standard InChI is InChI=1S/C11H11N3O3/c1-6(15)12-11-13-9-7(10(16)14-11)4-3-5-8(9)17-2/h3-5H,1-2H3,(H2,12,13,14,15,16). The zero-order valence-electron chi connectivity index (χ0n) is 9.39. The molecule has 0 unspecified atom stereocenters. The number of hydrogen-bond acceptors (Lipinski definition) is 5. The number of fused-ring (bicyclic) bond motifs is 1. The van der Waals surface area contributed by atoms with Crippen LogP contribution in [0.15, 0.2) is 18.2 Å². The Kier molecular flexibility index (Phi) is 2.78. The fourth-order valence-corrected chi connectivity index (χ4v) is 1.49. The molecule has 6 nitrogen and oxygen atoms in total. The molecule has 0 spiro atoms. The van der Waals surface area contributed by atoms with Crippen molar-refractivity contribution in [2.45, 2.75) is 6.92 Å². The number of carbonyl (C=O) groups excluding carboxylic acids is 1. The van der Waals surface area contributed by atoms with E-state index in [1.54, 1.807) is 18.2 Å². The van der Waals surface area contributed by atoms with Crippen molar-refractivity contribution in [3.63, 3.8) is 0 Å². The Morgan fingerprint density at radius 3 is 2.82 bits per heavy atom. The molecule has 17 heavy (non-hydrogen) atoms. The van der Waals surface area contributed by atoms with Crippen LogP contribution in [-0.2, 0) is 4.79 Å². The highest BCUT2D eigenvalue weighted by Gasteiger charge is 2.11. The molecule has 0 aliphatic heterocycles. The summed E-state index contributed by atoms with van der Waals surface area (Å²) in [6.45, 7) is 1.34. The summed E-state index contributed by atoms with van der Waals surface area (Å²) >= 11 is 0. The van der Waals surface area contributed by atoms with Crippen LogP contribution in [0.3, 0.4) is 0 Å². The number of para-hydroxylation sites is 1. The van der Waals surface area contributed by atoms with E-state index in [9.17, 15) is 9.90 Å². The number of anilines is 1. The molecule has 2 aromatic rings. The Hall–Kier alpha value is -2.37. The van der Waals surface area contributed by atoms with E-state index >= 15 is 0 Å². The Morgan fingerprint density at radius 1 is 1.41 bits per heavy atom. The summed E-state index contributed by atoms with van der Waals surface area (Å²) in [5.74, 6) is 0.0510. The van der Waals surface area contributed by atoms with E-state index in [1.807, 2.05) is 0 Å². The number of aromatic hydroxyl groups is 1. The zero-order chi connectivity index (χ0) is 12.4. The molecule has 0 saturated heterocycles. The number of methoxy groups -OCH3 is 1. The topological polar surface area (TPSA) is 84.3 Å². The van der Waals surface area contributed by atoms with Gasteiger partial charge in [0.1, 0.15) is 11.3 Å². The normalized spacial score (nSPS) is 10.2. The Balaban J connectivity index is 2.65. The van der Waals surface area contributed by atoms with Gasteiger partial charge in [-0.2, -0.15) is 4.98 Å². The van der Waals surface area contributed by atoms with Gasteiger partial charge < -0.3 is 9.84 Å². The number of amides is 1. The van der Waals surface area contributed by atoms with Gasteiger partial charge in [-0.05, 0) is 12.1 Å². The molecule has 1 heterocycles. The highest BCUT2D eigenvalue weighted by molar-refractivity contribution is 5.92. The van der Waals surface area contributed by atoms with E-state index in [4.69, 9.17) is 4.74 Å². The Morgan fingerprint density at radius 2 is 2.18 bits per heavy atom. The van der Waals surface area contributed by atoms with Crippen molar-refractivity contribution < 1.29 is 14.6 Å². The van der Waals surface area contributed by atoms with E-state index < -0.39 is 0 Å². The minimum atomic E-state index is -0.307. The number of nitrogens with zero attached hydrogens (tertiary/aromatic N) is 2. The summed E-state index contributed by atoms with van der Waals surface area (Å²) in [6, 6.07) is 5.11.